The molecule has 0 aromatic carbocycles. The van der Waals surface area contributed by atoms with Gasteiger partial charge in [0, 0.05) is 25.2 Å². The lowest BCUT2D eigenvalue weighted by molar-refractivity contribution is -0.136. The van der Waals surface area contributed by atoms with Gasteiger partial charge in [0.1, 0.15) is 11.4 Å². The average Bonchev–Trinajstić information content (AvgIpc) is 2.81. The molecular formula is C20H31FO5. The van der Waals surface area contributed by atoms with Crippen molar-refractivity contribution < 1.29 is 29.6 Å². The van der Waals surface area contributed by atoms with E-state index >= 15 is 0 Å². The number of carbonyl (C=O) groups is 1. The molecule has 5 nitrogen and oxygen atoms in total. The van der Waals surface area contributed by atoms with Crippen LogP contribution in [-0.2, 0) is 4.79 Å². The summed E-state index contributed by atoms with van der Waals surface area (Å²) in [6.07, 6.45) is 7.81. The van der Waals surface area contributed by atoms with Crippen molar-refractivity contribution in [2.75, 3.05) is 0 Å². The smallest absolute Gasteiger partial charge is 0.303 e. The molecule has 5 atom stereocenters. The maximum absolute atomic E-state index is 13.5. The number of carboxylic acids is 1. The minimum atomic E-state index is -1.60. The number of allylic oxidation sites excluding steroid dienone is 2. The van der Waals surface area contributed by atoms with Crippen molar-refractivity contribution in [3.05, 3.63) is 36.7 Å². The molecule has 0 spiro atoms. The molecule has 6 heteroatoms. The minimum absolute atomic E-state index is 0.0544. The molecule has 0 aromatic heterocycles. The average molecular weight is 370 g/mol. The summed E-state index contributed by atoms with van der Waals surface area (Å²) in [5, 5.41) is 39.2. The van der Waals surface area contributed by atoms with Gasteiger partial charge in [0.25, 0.3) is 0 Å². The van der Waals surface area contributed by atoms with Gasteiger partial charge >= 0.3 is 5.97 Å². The molecule has 1 aliphatic rings. The maximum Gasteiger partial charge on any atom is 0.303 e. The molecule has 0 aliphatic heterocycles. The van der Waals surface area contributed by atoms with Crippen molar-refractivity contribution in [3.63, 3.8) is 0 Å². The fraction of sp³-hybridized carbons (Fsp3) is 0.650. The third-order valence-electron chi connectivity index (χ3n) is 5.00. The van der Waals surface area contributed by atoms with Gasteiger partial charge in [-0.15, -0.1) is 0 Å². The van der Waals surface area contributed by atoms with E-state index < -0.39 is 29.6 Å². The molecule has 0 saturated heterocycles. The fourth-order valence-electron chi connectivity index (χ4n) is 3.47. The monoisotopic (exact) mass is 370 g/mol. The highest BCUT2D eigenvalue weighted by Gasteiger charge is 2.39. The predicted octanol–water partition coefficient (Wildman–Crippen LogP) is 3.12. The van der Waals surface area contributed by atoms with Crippen LogP contribution in [0.2, 0.25) is 0 Å². The van der Waals surface area contributed by atoms with Crippen LogP contribution in [0.5, 0.6) is 0 Å². The summed E-state index contributed by atoms with van der Waals surface area (Å²) in [6.45, 7) is 5.07. The number of carboxylic acid groups (broad SMARTS) is 1. The van der Waals surface area contributed by atoms with Gasteiger partial charge < -0.3 is 20.4 Å². The second-order valence-corrected chi connectivity index (χ2v) is 7.07. The molecule has 26 heavy (non-hydrogen) atoms. The Kier molecular flexibility index (Phi) is 9.19. The van der Waals surface area contributed by atoms with Gasteiger partial charge in [-0.05, 0) is 25.2 Å². The molecule has 1 saturated carbocycles. The summed E-state index contributed by atoms with van der Waals surface area (Å²) < 4.78 is 13.5. The molecule has 4 N–H and O–H groups in total. The molecule has 148 valence electrons. The number of halogens is 1. The lowest BCUT2D eigenvalue weighted by Crippen LogP contribution is -2.28. The van der Waals surface area contributed by atoms with E-state index in [4.69, 9.17) is 5.11 Å². The quantitative estimate of drug-likeness (QED) is 0.419. The first kappa shape index (κ1) is 22.5. The van der Waals surface area contributed by atoms with Crippen molar-refractivity contribution in [1.29, 1.82) is 0 Å². The first-order valence-corrected chi connectivity index (χ1v) is 9.18. The number of aliphatic carboxylic acids is 1. The van der Waals surface area contributed by atoms with Crippen molar-refractivity contribution in [2.24, 2.45) is 11.8 Å². The topological polar surface area (TPSA) is 98.0 Å². The summed E-state index contributed by atoms with van der Waals surface area (Å²) in [7, 11) is 0. The van der Waals surface area contributed by atoms with Crippen LogP contribution in [0.25, 0.3) is 0 Å². The molecule has 1 fully saturated rings. The summed E-state index contributed by atoms with van der Waals surface area (Å²) >= 11 is 0. The predicted molar refractivity (Wildman–Crippen MR) is 98.1 cm³/mol. The molecular weight excluding hydrogens is 339 g/mol. The van der Waals surface area contributed by atoms with E-state index in [2.05, 4.69) is 6.58 Å². The zero-order valence-corrected chi connectivity index (χ0v) is 15.4. The summed E-state index contributed by atoms with van der Waals surface area (Å²) in [6, 6.07) is 0. The van der Waals surface area contributed by atoms with Crippen LogP contribution in [0.4, 0.5) is 4.39 Å². The molecule has 1 rings (SSSR count). The van der Waals surface area contributed by atoms with Crippen LogP contribution in [-0.4, -0.2) is 44.2 Å². The summed E-state index contributed by atoms with van der Waals surface area (Å²) in [5.74, 6) is -2.13. The van der Waals surface area contributed by atoms with Crippen LogP contribution in [0.3, 0.4) is 0 Å². The van der Waals surface area contributed by atoms with E-state index in [1.807, 2.05) is 13.0 Å². The first-order chi connectivity index (χ1) is 12.2. The first-order valence-electron chi connectivity index (χ1n) is 9.18. The van der Waals surface area contributed by atoms with Crippen molar-refractivity contribution in [2.45, 2.75) is 69.7 Å². The van der Waals surface area contributed by atoms with Crippen LogP contribution < -0.4 is 0 Å². The summed E-state index contributed by atoms with van der Waals surface area (Å²) in [5.41, 5.74) is -1.60. The number of aliphatic hydroxyl groups is 3. The lowest BCUT2D eigenvalue weighted by Gasteiger charge is -2.25. The third-order valence-corrected chi connectivity index (χ3v) is 5.00. The Morgan fingerprint density at radius 3 is 2.54 bits per heavy atom. The van der Waals surface area contributed by atoms with Gasteiger partial charge in [-0.25, -0.2) is 4.39 Å². The number of hydrogen-bond donors (Lipinski definition) is 4. The highest BCUT2D eigenvalue weighted by Crippen LogP contribution is 2.37. The second-order valence-electron chi connectivity index (χ2n) is 7.07. The van der Waals surface area contributed by atoms with Crippen molar-refractivity contribution in [1.82, 2.24) is 0 Å². The normalized spacial score (nSPS) is 28.7. The van der Waals surface area contributed by atoms with Gasteiger partial charge in [0.2, 0.25) is 0 Å². The van der Waals surface area contributed by atoms with Gasteiger partial charge in [-0.2, -0.15) is 0 Å². The Hall–Kier alpha value is -1.50. The largest absolute Gasteiger partial charge is 0.481 e. The molecule has 1 aliphatic carbocycles. The van der Waals surface area contributed by atoms with Crippen LogP contribution in [0.1, 0.15) is 51.9 Å². The van der Waals surface area contributed by atoms with E-state index in [1.54, 1.807) is 18.2 Å². The van der Waals surface area contributed by atoms with Gasteiger partial charge in [-0.1, -0.05) is 44.2 Å². The SMILES string of the molecule is C=C(F)C(O)(C/C=C/[C@@H]1[C@@H](C/C=C\CCC(=O)O)[C@@H](O)C[C@H]1O)CCC. The van der Waals surface area contributed by atoms with E-state index in [9.17, 15) is 24.5 Å². The summed E-state index contributed by atoms with van der Waals surface area (Å²) in [4.78, 5) is 10.5. The van der Waals surface area contributed by atoms with E-state index in [1.165, 1.54) is 0 Å². The minimum Gasteiger partial charge on any atom is -0.481 e. The molecule has 0 aromatic rings. The van der Waals surface area contributed by atoms with Crippen molar-refractivity contribution >= 4 is 5.97 Å². The van der Waals surface area contributed by atoms with E-state index in [0.29, 0.717) is 19.3 Å². The zero-order chi connectivity index (χ0) is 19.7. The standard InChI is InChI=1S/C20H31FO5/c1-3-11-20(26,14(2)21)12-7-9-16-15(17(22)13-18(16)23)8-5-4-6-10-19(24)25/h4-5,7,9,15-18,22-23,26H,2-3,6,8,10-13H2,1H3,(H,24,25)/b5-4-,9-7+/t15-,16-,17+,18-,20?/m1/s1. The second kappa shape index (κ2) is 10.6. The Labute approximate surface area is 154 Å². The molecule has 0 radical (unpaired) electrons. The molecule has 1 unspecified atom stereocenters. The Bertz CT molecular complexity index is 530. The van der Waals surface area contributed by atoms with Crippen LogP contribution in [0, 0.1) is 11.8 Å². The Morgan fingerprint density at radius 1 is 1.27 bits per heavy atom. The highest BCUT2D eigenvalue weighted by atomic mass is 19.1. The zero-order valence-electron chi connectivity index (χ0n) is 15.4. The van der Waals surface area contributed by atoms with Crippen LogP contribution >= 0.6 is 0 Å². The van der Waals surface area contributed by atoms with Gasteiger partial charge in [0.15, 0.2) is 0 Å². The van der Waals surface area contributed by atoms with Gasteiger partial charge in [0.05, 0.1) is 12.2 Å². The van der Waals surface area contributed by atoms with E-state index in [-0.39, 0.29) is 37.5 Å². The fourth-order valence-corrected chi connectivity index (χ4v) is 3.47. The lowest BCUT2D eigenvalue weighted by atomic mass is 9.88. The highest BCUT2D eigenvalue weighted by molar-refractivity contribution is 5.66. The molecule has 0 heterocycles. The van der Waals surface area contributed by atoms with Gasteiger partial charge in [-0.3, -0.25) is 4.79 Å². The van der Waals surface area contributed by atoms with E-state index in [0.717, 1.165) is 0 Å². The number of rotatable bonds is 11. The molecule has 0 amide bonds. The third kappa shape index (κ3) is 6.67. The maximum atomic E-state index is 13.5. The molecule has 0 bridgehead atoms. The van der Waals surface area contributed by atoms with Crippen LogP contribution in [0.15, 0.2) is 36.7 Å². The Morgan fingerprint density at radius 2 is 1.96 bits per heavy atom. The number of hydrogen-bond acceptors (Lipinski definition) is 4. The Balaban J connectivity index is 2.68. The number of aliphatic hydroxyl groups excluding tert-OH is 2. The van der Waals surface area contributed by atoms with Crippen molar-refractivity contribution in [3.8, 4) is 0 Å².